The van der Waals surface area contributed by atoms with Crippen LogP contribution in [0.1, 0.15) is 75.2 Å². The lowest BCUT2D eigenvalue weighted by Gasteiger charge is -2.31. The summed E-state index contributed by atoms with van der Waals surface area (Å²) in [4.78, 5) is 21.7. The van der Waals surface area contributed by atoms with E-state index < -0.39 is 5.92 Å². The van der Waals surface area contributed by atoms with Gasteiger partial charge < -0.3 is 16.0 Å². The SMILES string of the molecule is Cc1nn2cc(C(N)C3CCC(F)(F)CC3)nc2nc1N(C)C1CC1.O=C1CCCCN1. The van der Waals surface area contributed by atoms with Crippen LogP contribution in [0, 0.1) is 12.8 Å². The summed E-state index contributed by atoms with van der Waals surface area (Å²) >= 11 is 0. The summed E-state index contributed by atoms with van der Waals surface area (Å²) in [6.45, 7) is 2.82. The van der Waals surface area contributed by atoms with E-state index in [1.807, 2.05) is 14.0 Å². The predicted molar refractivity (Wildman–Crippen MR) is 118 cm³/mol. The Hall–Kier alpha value is -2.36. The molecule has 1 unspecified atom stereocenters. The summed E-state index contributed by atoms with van der Waals surface area (Å²) < 4.78 is 28.4. The number of aromatic nitrogens is 4. The van der Waals surface area contributed by atoms with E-state index in [9.17, 15) is 13.6 Å². The molecule has 3 aliphatic rings. The van der Waals surface area contributed by atoms with Crippen LogP contribution in [-0.4, -0.2) is 51.0 Å². The Kier molecular flexibility index (Phi) is 6.60. The maximum Gasteiger partial charge on any atom is 0.252 e. The summed E-state index contributed by atoms with van der Waals surface area (Å²) in [5.41, 5.74) is 7.86. The largest absolute Gasteiger partial charge is 0.356 e. The van der Waals surface area contributed by atoms with Crippen molar-refractivity contribution in [3.63, 3.8) is 0 Å². The fraction of sp³-hybridized carbons (Fsp3) is 0.727. The first-order valence-corrected chi connectivity index (χ1v) is 11.6. The number of halogens is 2. The zero-order chi connectivity index (χ0) is 22.9. The number of amides is 1. The zero-order valence-electron chi connectivity index (χ0n) is 18.9. The average Bonchev–Trinajstić information content (AvgIpc) is 3.53. The van der Waals surface area contributed by atoms with Crippen molar-refractivity contribution in [2.45, 2.75) is 82.7 Å². The number of nitrogens with one attached hydrogen (secondary N) is 1. The molecule has 8 nitrogen and oxygen atoms in total. The normalized spacial score (nSPS) is 22.1. The molecule has 10 heteroatoms. The summed E-state index contributed by atoms with van der Waals surface area (Å²) in [6.07, 6.45) is 7.79. The van der Waals surface area contributed by atoms with Gasteiger partial charge in [-0.15, -0.1) is 0 Å². The van der Waals surface area contributed by atoms with Crippen molar-refractivity contribution in [3.8, 4) is 0 Å². The number of fused-ring (bicyclic) bond motifs is 1. The number of piperidine rings is 1. The van der Waals surface area contributed by atoms with Gasteiger partial charge >= 0.3 is 0 Å². The van der Waals surface area contributed by atoms with Crippen LogP contribution in [0.4, 0.5) is 14.6 Å². The van der Waals surface area contributed by atoms with Gasteiger partial charge in [-0.05, 0) is 51.4 Å². The van der Waals surface area contributed by atoms with E-state index in [1.165, 1.54) is 12.8 Å². The second-order valence-corrected chi connectivity index (χ2v) is 9.30. The Labute approximate surface area is 187 Å². The van der Waals surface area contributed by atoms with Gasteiger partial charge in [0.25, 0.3) is 5.78 Å². The number of nitrogens with zero attached hydrogens (tertiary/aromatic N) is 5. The van der Waals surface area contributed by atoms with E-state index in [0.29, 0.717) is 30.4 Å². The van der Waals surface area contributed by atoms with Gasteiger partial charge in [0, 0.05) is 38.9 Å². The molecule has 1 saturated heterocycles. The lowest BCUT2D eigenvalue weighted by Crippen LogP contribution is -2.31. The molecule has 1 aliphatic heterocycles. The molecular formula is C22H33F2N7O. The molecule has 0 aromatic carbocycles. The zero-order valence-corrected chi connectivity index (χ0v) is 18.9. The topological polar surface area (TPSA) is 101 Å². The van der Waals surface area contributed by atoms with Crippen LogP contribution in [0.15, 0.2) is 6.20 Å². The van der Waals surface area contributed by atoms with Gasteiger partial charge in [0.2, 0.25) is 11.8 Å². The second kappa shape index (κ2) is 9.25. The van der Waals surface area contributed by atoms with Gasteiger partial charge in [0.15, 0.2) is 5.82 Å². The van der Waals surface area contributed by atoms with E-state index in [4.69, 9.17) is 5.73 Å². The van der Waals surface area contributed by atoms with Crippen LogP contribution < -0.4 is 16.0 Å². The lowest BCUT2D eigenvalue weighted by atomic mass is 9.81. The van der Waals surface area contributed by atoms with Crippen molar-refractivity contribution >= 4 is 17.5 Å². The molecule has 176 valence electrons. The maximum absolute atomic E-state index is 13.4. The third-order valence-electron chi connectivity index (χ3n) is 6.67. The molecule has 0 bridgehead atoms. The Bertz CT molecular complexity index is 941. The van der Waals surface area contributed by atoms with Crippen LogP contribution in [-0.2, 0) is 4.79 Å². The molecule has 5 rings (SSSR count). The number of nitrogens with two attached hydrogens (primary N) is 1. The number of rotatable bonds is 4. The van der Waals surface area contributed by atoms with Gasteiger partial charge in [-0.3, -0.25) is 4.79 Å². The standard InChI is InChI=1S/C17H24F2N6.C5H9NO/c1-10-15(24(2)12-3-4-12)22-16-21-13(9-25(16)23-10)14(20)11-5-7-17(18,19)8-6-11;7-5-3-1-2-4-6-5/h9,11-12,14H,3-8,20H2,1-2H3;1-4H2,(H,6,7). The quantitative estimate of drug-likeness (QED) is 0.744. The smallest absolute Gasteiger partial charge is 0.252 e. The fourth-order valence-electron chi connectivity index (χ4n) is 4.43. The van der Waals surface area contributed by atoms with Gasteiger partial charge in [-0.25, -0.2) is 18.3 Å². The molecule has 3 N–H and O–H groups in total. The van der Waals surface area contributed by atoms with Gasteiger partial charge in [0.05, 0.1) is 17.9 Å². The highest BCUT2D eigenvalue weighted by molar-refractivity contribution is 5.76. The third kappa shape index (κ3) is 5.33. The van der Waals surface area contributed by atoms with Crippen LogP contribution in [0.2, 0.25) is 0 Å². The molecule has 1 atom stereocenters. The molecule has 3 heterocycles. The second-order valence-electron chi connectivity index (χ2n) is 9.30. The molecule has 3 fully saturated rings. The highest BCUT2D eigenvalue weighted by atomic mass is 19.3. The van der Waals surface area contributed by atoms with Crippen molar-refractivity contribution in [2.75, 3.05) is 18.5 Å². The minimum atomic E-state index is -2.54. The van der Waals surface area contributed by atoms with Crippen LogP contribution >= 0.6 is 0 Å². The number of carbonyl (C=O) groups excluding carboxylic acids is 1. The van der Waals surface area contributed by atoms with Crippen molar-refractivity contribution in [2.24, 2.45) is 11.7 Å². The number of anilines is 1. The molecule has 2 saturated carbocycles. The number of aryl methyl sites for hydroxylation is 1. The van der Waals surface area contributed by atoms with E-state index >= 15 is 0 Å². The van der Waals surface area contributed by atoms with Crippen LogP contribution in [0.25, 0.3) is 5.78 Å². The van der Waals surface area contributed by atoms with E-state index in [-0.39, 0.29) is 30.7 Å². The van der Waals surface area contributed by atoms with Crippen LogP contribution in [0.3, 0.4) is 0 Å². The number of hydrogen-bond donors (Lipinski definition) is 2. The minimum absolute atomic E-state index is 0.0271. The average molecular weight is 450 g/mol. The van der Waals surface area contributed by atoms with Crippen LogP contribution in [0.5, 0.6) is 0 Å². The molecule has 2 aromatic rings. The van der Waals surface area contributed by atoms with E-state index in [2.05, 4.69) is 25.3 Å². The van der Waals surface area contributed by atoms with Crippen molar-refractivity contribution < 1.29 is 13.6 Å². The van der Waals surface area contributed by atoms with Crippen molar-refractivity contribution in [1.82, 2.24) is 24.9 Å². The highest BCUT2D eigenvalue weighted by Crippen LogP contribution is 2.40. The first kappa shape index (κ1) is 22.8. The number of hydrogen-bond acceptors (Lipinski definition) is 6. The fourth-order valence-corrected chi connectivity index (χ4v) is 4.43. The molecular weight excluding hydrogens is 416 g/mol. The Morgan fingerprint density at radius 2 is 1.94 bits per heavy atom. The van der Waals surface area contributed by atoms with E-state index in [1.54, 1.807) is 10.7 Å². The summed E-state index contributed by atoms with van der Waals surface area (Å²) in [5, 5.41) is 7.30. The first-order chi connectivity index (χ1) is 15.2. The lowest BCUT2D eigenvalue weighted by molar-refractivity contribution is -0.122. The van der Waals surface area contributed by atoms with Gasteiger partial charge in [-0.2, -0.15) is 10.1 Å². The van der Waals surface area contributed by atoms with E-state index in [0.717, 1.165) is 37.3 Å². The number of imidazole rings is 1. The molecule has 0 radical (unpaired) electrons. The number of carbonyl (C=O) groups is 1. The molecule has 2 aliphatic carbocycles. The minimum Gasteiger partial charge on any atom is -0.356 e. The molecule has 0 spiro atoms. The van der Waals surface area contributed by atoms with Gasteiger partial charge in [-0.1, -0.05) is 0 Å². The first-order valence-electron chi connectivity index (χ1n) is 11.6. The Morgan fingerprint density at radius 3 is 2.50 bits per heavy atom. The number of alkyl halides is 2. The molecule has 2 aromatic heterocycles. The summed E-state index contributed by atoms with van der Waals surface area (Å²) in [5.74, 6) is -0.944. The Balaban J connectivity index is 0.000000300. The highest BCUT2D eigenvalue weighted by Gasteiger charge is 2.37. The maximum atomic E-state index is 13.4. The Morgan fingerprint density at radius 1 is 1.22 bits per heavy atom. The molecule has 32 heavy (non-hydrogen) atoms. The van der Waals surface area contributed by atoms with Crippen molar-refractivity contribution in [3.05, 3.63) is 17.6 Å². The summed E-state index contributed by atoms with van der Waals surface area (Å²) in [7, 11) is 2.03. The third-order valence-corrected chi connectivity index (χ3v) is 6.67. The van der Waals surface area contributed by atoms with Crippen molar-refractivity contribution in [1.29, 1.82) is 0 Å². The molecule has 1 amide bonds. The van der Waals surface area contributed by atoms with Gasteiger partial charge in [0.1, 0.15) is 5.69 Å². The predicted octanol–water partition coefficient (Wildman–Crippen LogP) is 3.14. The summed E-state index contributed by atoms with van der Waals surface area (Å²) in [6, 6.07) is 0.181. The monoisotopic (exact) mass is 449 g/mol.